The van der Waals surface area contributed by atoms with E-state index in [2.05, 4.69) is 4.72 Å². The minimum Gasteiger partial charge on any atom is -0.497 e. The highest BCUT2D eigenvalue weighted by molar-refractivity contribution is 7.89. The van der Waals surface area contributed by atoms with Crippen LogP contribution in [0.25, 0.3) is 0 Å². The van der Waals surface area contributed by atoms with Crippen LogP contribution in [0.4, 0.5) is 0 Å². The molecule has 0 amide bonds. The third-order valence-electron chi connectivity index (χ3n) is 3.56. The molecular formula is C17H21NO4S. The zero-order valence-corrected chi connectivity index (χ0v) is 14.5. The van der Waals surface area contributed by atoms with Crippen molar-refractivity contribution in [3.05, 3.63) is 53.1 Å². The summed E-state index contributed by atoms with van der Waals surface area (Å²) in [6.07, 6.45) is 0. The Hall–Kier alpha value is -2.05. The van der Waals surface area contributed by atoms with E-state index in [0.717, 1.165) is 11.1 Å². The molecule has 124 valence electrons. The maximum absolute atomic E-state index is 12.5. The van der Waals surface area contributed by atoms with Gasteiger partial charge in [0, 0.05) is 12.1 Å². The van der Waals surface area contributed by atoms with Gasteiger partial charge in [0.15, 0.2) is 0 Å². The molecule has 0 unspecified atom stereocenters. The van der Waals surface area contributed by atoms with Crippen molar-refractivity contribution in [2.75, 3.05) is 14.2 Å². The highest BCUT2D eigenvalue weighted by Gasteiger charge is 2.17. The summed E-state index contributed by atoms with van der Waals surface area (Å²) in [6.45, 7) is 3.86. The lowest BCUT2D eigenvalue weighted by Gasteiger charge is -2.13. The molecule has 0 fully saturated rings. The molecule has 0 aliphatic carbocycles. The number of sulfonamides is 1. The van der Waals surface area contributed by atoms with Crippen molar-refractivity contribution in [2.45, 2.75) is 25.3 Å². The molecular weight excluding hydrogens is 314 g/mol. The first-order valence-corrected chi connectivity index (χ1v) is 8.63. The van der Waals surface area contributed by atoms with Gasteiger partial charge in [-0.15, -0.1) is 0 Å². The minimum absolute atomic E-state index is 0.165. The van der Waals surface area contributed by atoms with Crippen molar-refractivity contribution in [2.24, 2.45) is 0 Å². The molecule has 0 heterocycles. The molecule has 23 heavy (non-hydrogen) atoms. The lowest BCUT2D eigenvalue weighted by Crippen LogP contribution is -2.24. The Morgan fingerprint density at radius 1 is 1.00 bits per heavy atom. The summed E-state index contributed by atoms with van der Waals surface area (Å²) in [5, 5.41) is 0. The number of benzene rings is 2. The van der Waals surface area contributed by atoms with E-state index in [-0.39, 0.29) is 11.4 Å². The van der Waals surface area contributed by atoms with Gasteiger partial charge in [-0.3, -0.25) is 0 Å². The SMILES string of the molecule is COc1ccc(S(=O)(=O)NCc2cc(C)ccc2OC)c(C)c1. The van der Waals surface area contributed by atoms with Crippen molar-refractivity contribution >= 4 is 10.0 Å². The first-order chi connectivity index (χ1) is 10.9. The molecule has 2 aromatic carbocycles. The molecule has 0 aliphatic rings. The van der Waals surface area contributed by atoms with Crippen LogP contribution in [-0.4, -0.2) is 22.6 Å². The molecule has 0 atom stereocenters. The van der Waals surface area contributed by atoms with Crippen LogP contribution < -0.4 is 14.2 Å². The van der Waals surface area contributed by atoms with E-state index in [4.69, 9.17) is 9.47 Å². The zero-order valence-electron chi connectivity index (χ0n) is 13.7. The second-order valence-electron chi connectivity index (χ2n) is 5.27. The van der Waals surface area contributed by atoms with Crippen LogP contribution in [0.5, 0.6) is 11.5 Å². The van der Waals surface area contributed by atoms with Gasteiger partial charge in [-0.05, 0) is 43.7 Å². The smallest absolute Gasteiger partial charge is 0.241 e. The van der Waals surface area contributed by atoms with Crippen LogP contribution in [-0.2, 0) is 16.6 Å². The summed E-state index contributed by atoms with van der Waals surface area (Å²) in [5.41, 5.74) is 2.47. The van der Waals surface area contributed by atoms with Crippen molar-refractivity contribution in [3.63, 3.8) is 0 Å². The topological polar surface area (TPSA) is 64.6 Å². The second-order valence-corrected chi connectivity index (χ2v) is 7.01. The number of hydrogen-bond acceptors (Lipinski definition) is 4. The van der Waals surface area contributed by atoms with Gasteiger partial charge in [0.1, 0.15) is 11.5 Å². The van der Waals surface area contributed by atoms with Gasteiger partial charge in [0.25, 0.3) is 0 Å². The molecule has 0 aliphatic heterocycles. The average Bonchev–Trinajstić information content (AvgIpc) is 2.52. The average molecular weight is 335 g/mol. The predicted molar refractivity (Wildman–Crippen MR) is 89.5 cm³/mol. The van der Waals surface area contributed by atoms with Crippen LogP contribution >= 0.6 is 0 Å². The quantitative estimate of drug-likeness (QED) is 0.882. The van der Waals surface area contributed by atoms with Gasteiger partial charge in [0.05, 0.1) is 19.1 Å². The number of methoxy groups -OCH3 is 2. The van der Waals surface area contributed by atoms with Crippen LogP contribution in [0.1, 0.15) is 16.7 Å². The molecule has 2 aromatic rings. The summed E-state index contributed by atoms with van der Waals surface area (Å²) in [4.78, 5) is 0.241. The van der Waals surface area contributed by atoms with Gasteiger partial charge in [-0.2, -0.15) is 0 Å². The highest BCUT2D eigenvalue weighted by Crippen LogP contribution is 2.23. The maximum atomic E-state index is 12.5. The Morgan fingerprint density at radius 3 is 2.35 bits per heavy atom. The van der Waals surface area contributed by atoms with Gasteiger partial charge in [-0.1, -0.05) is 17.7 Å². The lowest BCUT2D eigenvalue weighted by molar-refractivity contribution is 0.409. The molecule has 0 saturated heterocycles. The monoisotopic (exact) mass is 335 g/mol. The highest BCUT2D eigenvalue weighted by atomic mass is 32.2. The van der Waals surface area contributed by atoms with Crippen LogP contribution in [0.3, 0.4) is 0 Å². The van der Waals surface area contributed by atoms with Crippen LogP contribution in [0, 0.1) is 13.8 Å². The van der Waals surface area contributed by atoms with Gasteiger partial charge in [0.2, 0.25) is 10.0 Å². The normalized spacial score (nSPS) is 11.3. The van der Waals surface area contributed by atoms with Crippen molar-refractivity contribution in [1.82, 2.24) is 4.72 Å². The molecule has 0 spiro atoms. The summed E-state index contributed by atoms with van der Waals surface area (Å²) in [7, 11) is -0.500. The molecule has 0 bridgehead atoms. The molecule has 6 heteroatoms. The Bertz CT molecular complexity index is 800. The Kier molecular flexibility index (Phi) is 5.28. The Balaban J connectivity index is 2.24. The van der Waals surface area contributed by atoms with E-state index in [0.29, 0.717) is 17.1 Å². The van der Waals surface area contributed by atoms with E-state index in [1.807, 2.05) is 25.1 Å². The minimum atomic E-state index is -3.61. The number of rotatable bonds is 6. The van der Waals surface area contributed by atoms with Crippen LogP contribution in [0.2, 0.25) is 0 Å². The molecule has 0 radical (unpaired) electrons. The first kappa shape index (κ1) is 17.3. The van der Waals surface area contributed by atoms with Gasteiger partial charge in [-0.25, -0.2) is 13.1 Å². The molecule has 0 aromatic heterocycles. The first-order valence-electron chi connectivity index (χ1n) is 7.15. The fraction of sp³-hybridized carbons (Fsp3) is 0.294. The zero-order chi connectivity index (χ0) is 17.0. The summed E-state index contributed by atoms with van der Waals surface area (Å²) >= 11 is 0. The Morgan fingerprint density at radius 2 is 1.74 bits per heavy atom. The third-order valence-corrected chi connectivity index (χ3v) is 5.12. The van der Waals surface area contributed by atoms with E-state index >= 15 is 0 Å². The largest absolute Gasteiger partial charge is 0.497 e. The predicted octanol–water partition coefficient (Wildman–Crippen LogP) is 2.80. The fourth-order valence-corrected chi connectivity index (χ4v) is 3.58. The van der Waals surface area contributed by atoms with Gasteiger partial charge < -0.3 is 9.47 Å². The van der Waals surface area contributed by atoms with E-state index in [9.17, 15) is 8.42 Å². The molecule has 5 nitrogen and oxygen atoms in total. The van der Waals surface area contributed by atoms with Crippen molar-refractivity contribution in [1.29, 1.82) is 0 Å². The third kappa shape index (κ3) is 4.03. The number of nitrogens with one attached hydrogen (secondary N) is 1. The number of hydrogen-bond donors (Lipinski definition) is 1. The van der Waals surface area contributed by atoms with E-state index in [1.165, 1.54) is 0 Å². The maximum Gasteiger partial charge on any atom is 0.241 e. The number of ether oxygens (including phenoxy) is 2. The van der Waals surface area contributed by atoms with Gasteiger partial charge >= 0.3 is 0 Å². The standard InChI is InChI=1S/C17H21NO4S/c1-12-5-7-16(22-4)14(9-12)11-18-23(19,20)17-8-6-15(21-3)10-13(17)2/h5-10,18H,11H2,1-4H3. The van der Waals surface area contributed by atoms with Crippen molar-refractivity contribution < 1.29 is 17.9 Å². The van der Waals surface area contributed by atoms with Crippen molar-refractivity contribution in [3.8, 4) is 11.5 Å². The van der Waals surface area contributed by atoms with E-state index in [1.54, 1.807) is 39.3 Å². The second kappa shape index (κ2) is 7.02. The lowest BCUT2D eigenvalue weighted by atomic mass is 10.1. The summed E-state index contributed by atoms with van der Waals surface area (Å²) < 4.78 is 38.0. The summed E-state index contributed by atoms with van der Waals surface area (Å²) in [5.74, 6) is 1.28. The fourth-order valence-electron chi connectivity index (χ4n) is 2.35. The molecule has 0 saturated carbocycles. The van der Waals surface area contributed by atoms with Crippen LogP contribution in [0.15, 0.2) is 41.3 Å². The summed E-state index contributed by atoms with van der Waals surface area (Å²) in [6, 6.07) is 10.5. The Labute approximate surface area is 137 Å². The number of aryl methyl sites for hydroxylation is 2. The molecule has 2 rings (SSSR count). The molecule has 1 N–H and O–H groups in total. The van der Waals surface area contributed by atoms with E-state index < -0.39 is 10.0 Å².